The van der Waals surface area contributed by atoms with Crippen molar-refractivity contribution in [3.63, 3.8) is 0 Å². The first-order valence-electron chi connectivity index (χ1n) is 8.88. The van der Waals surface area contributed by atoms with Crippen LogP contribution < -0.4 is 10.2 Å². The van der Waals surface area contributed by atoms with E-state index in [9.17, 15) is 9.18 Å². The standard InChI is InChI=1S/C20H23ClFN3O/c21-17-4-2-16(3-5-17)20(26)23-10-1-11-24-12-14-25(15-13-24)19-8-6-18(22)7-9-19/h2-9H,1,10-15H2,(H,23,26). The van der Waals surface area contributed by atoms with Crippen LogP contribution in [0.1, 0.15) is 16.8 Å². The monoisotopic (exact) mass is 375 g/mol. The van der Waals surface area contributed by atoms with Crippen LogP contribution in [0.15, 0.2) is 48.5 Å². The van der Waals surface area contributed by atoms with E-state index in [1.54, 1.807) is 24.3 Å². The Balaban J connectivity index is 1.34. The van der Waals surface area contributed by atoms with Crippen molar-refractivity contribution in [1.82, 2.24) is 10.2 Å². The number of hydrogen-bond donors (Lipinski definition) is 1. The van der Waals surface area contributed by atoms with E-state index in [1.807, 2.05) is 12.1 Å². The number of benzene rings is 2. The third-order valence-electron chi connectivity index (χ3n) is 4.61. The number of piperazine rings is 1. The molecule has 1 heterocycles. The van der Waals surface area contributed by atoms with Crippen LogP contribution in [0.4, 0.5) is 10.1 Å². The third kappa shape index (κ3) is 5.19. The molecule has 0 bridgehead atoms. The zero-order valence-electron chi connectivity index (χ0n) is 14.6. The zero-order valence-corrected chi connectivity index (χ0v) is 15.4. The topological polar surface area (TPSA) is 35.6 Å². The Hall–Kier alpha value is -2.11. The van der Waals surface area contributed by atoms with Gasteiger partial charge in [-0.25, -0.2) is 4.39 Å². The van der Waals surface area contributed by atoms with E-state index < -0.39 is 0 Å². The summed E-state index contributed by atoms with van der Waals surface area (Å²) in [5, 5.41) is 3.57. The molecular weight excluding hydrogens is 353 g/mol. The molecule has 0 atom stereocenters. The van der Waals surface area contributed by atoms with E-state index in [-0.39, 0.29) is 11.7 Å². The van der Waals surface area contributed by atoms with Crippen LogP contribution >= 0.6 is 11.6 Å². The van der Waals surface area contributed by atoms with Gasteiger partial charge in [0.25, 0.3) is 5.91 Å². The van der Waals surface area contributed by atoms with Crippen molar-refractivity contribution in [3.8, 4) is 0 Å². The summed E-state index contributed by atoms with van der Waals surface area (Å²) in [5.41, 5.74) is 1.70. The Morgan fingerprint density at radius 2 is 1.65 bits per heavy atom. The zero-order chi connectivity index (χ0) is 18.4. The van der Waals surface area contributed by atoms with Crippen molar-refractivity contribution >= 4 is 23.2 Å². The molecule has 0 spiro atoms. The third-order valence-corrected chi connectivity index (χ3v) is 4.86. The molecule has 1 saturated heterocycles. The van der Waals surface area contributed by atoms with Gasteiger partial charge in [0.05, 0.1) is 0 Å². The molecule has 0 unspecified atom stereocenters. The highest BCUT2D eigenvalue weighted by Crippen LogP contribution is 2.17. The average Bonchev–Trinajstić information content (AvgIpc) is 2.67. The fourth-order valence-corrected chi connectivity index (χ4v) is 3.22. The molecule has 3 rings (SSSR count). The molecule has 0 radical (unpaired) electrons. The van der Waals surface area contributed by atoms with E-state index in [0.29, 0.717) is 17.1 Å². The van der Waals surface area contributed by atoms with Crippen LogP contribution in [-0.2, 0) is 0 Å². The molecule has 26 heavy (non-hydrogen) atoms. The molecular formula is C20H23ClFN3O. The van der Waals surface area contributed by atoms with Crippen molar-refractivity contribution in [2.45, 2.75) is 6.42 Å². The molecule has 2 aromatic carbocycles. The summed E-state index contributed by atoms with van der Waals surface area (Å²) in [5.74, 6) is -0.268. The number of rotatable bonds is 6. The summed E-state index contributed by atoms with van der Waals surface area (Å²) >= 11 is 5.83. The van der Waals surface area contributed by atoms with E-state index in [2.05, 4.69) is 15.1 Å². The van der Waals surface area contributed by atoms with E-state index in [4.69, 9.17) is 11.6 Å². The molecule has 0 aromatic heterocycles. The van der Waals surface area contributed by atoms with Crippen molar-refractivity contribution in [1.29, 1.82) is 0 Å². The minimum absolute atomic E-state index is 0.0669. The summed E-state index contributed by atoms with van der Waals surface area (Å²) in [6.07, 6.45) is 0.913. The van der Waals surface area contributed by atoms with Crippen LogP contribution in [0.25, 0.3) is 0 Å². The van der Waals surface area contributed by atoms with Gasteiger partial charge in [0.2, 0.25) is 0 Å². The number of carbonyl (C=O) groups excluding carboxylic acids is 1. The van der Waals surface area contributed by atoms with E-state index in [1.165, 1.54) is 12.1 Å². The highest BCUT2D eigenvalue weighted by atomic mass is 35.5. The maximum atomic E-state index is 13.0. The molecule has 1 N–H and O–H groups in total. The van der Waals surface area contributed by atoms with Crippen LogP contribution in [0.3, 0.4) is 0 Å². The molecule has 6 heteroatoms. The number of hydrogen-bond acceptors (Lipinski definition) is 3. The maximum absolute atomic E-state index is 13.0. The summed E-state index contributed by atoms with van der Waals surface area (Å²) < 4.78 is 13.0. The van der Waals surface area contributed by atoms with Crippen LogP contribution in [0.2, 0.25) is 5.02 Å². The molecule has 1 aliphatic rings. The predicted molar refractivity (Wildman–Crippen MR) is 103 cm³/mol. The molecule has 1 aliphatic heterocycles. The van der Waals surface area contributed by atoms with E-state index in [0.717, 1.165) is 44.8 Å². The molecule has 0 saturated carbocycles. The molecule has 1 fully saturated rings. The Kier molecular flexibility index (Phi) is 6.47. The van der Waals surface area contributed by atoms with Crippen molar-refractivity contribution < 1.29 is 9.18 Å². The first-order chi connectivity index (χ1) is 12.6. The maximum Gasteiger partial charge on any atom is 0.251 e. The second kappa shape index (κ2) is 9.01. The largest absolute Gasteiger partial charge is 0.369 e. The van der Waals surface area contributed by atoms with E-state index >= 15 is 0 Å². The second-order valence-corrected chi connectivity index (χ2v) is 6.86. The number of halogens is 2. The SMILES string of the molecule is O=C(NCCCN1CCN(c2ccc(F)cc2)CC1)c1ccc(Cl)cc1. The molecule has 2 aromatic rings. The van der Waals surface area contributed by atoms with Gasteiger partial charge >= 0.3 is 0 Å². The number of nitrogens with zero attached hydrogens (tertiary/aromatic N) is 2. The number of carbonyl (C=O) groups is 1. The lowest BCUT2D eigenvalue weighted by Crippen LogP contribution is -2.47. The second-order valence-electron chi connectivity index (χ2n) is 6.42. The highest BCUT2D eigenvalue weighted by Gasteiger charge is 2.16. The number of nitrogens with one attached hydrogen (secondary N) is 1. The van der Waals surface area contributed by atoms with Gasteiger partial charge in [-0.3, -0.25) is 9.69 Å². The fourth-order valence-electron chi connectivity index (χ4n) is 3.09. The Morgan fingerprint density at radius 3 is 2.31 bits per heavy atom. The lowest BCUT2D eigenvalue weighted by molar-refractivity contribution is 0.0951. The van der Waals surface area contributed by atoms with Gasteiger partial charge in [-0.15, -0.1) is 0 Å². The minimum atomic E-state index is -0.201. The van der Waals surface area contributed by atoms with Gasteiger partial charge in [0.1, 0.15) is 5.82 Å². The first kappa shape index (κ1) is 18.7. The quantitative estimate of drug-likeness (QED) is 0.786. The van der Waals surface area contributed by atoms with Gasteiger partial charge in [0, 0.05) is 49.0 Å². The first-order valence-corrected chi connectivity index (χ1v) is 9.26. The van der Waals surface area contributed by atoms with Crippen LogP contribution in [0, 0.1) is 5.82 Å². The summed E-state index contributed by atoms with van der Waals surface area (Å²) in [6.45, 7) is 5.42. The molecule has 4 nitrogen and oxygen atoms in total. The van der Waals surface area contributed by atoms with Gasteiger partial charge in [0.15, 0.2) is 0 Å². The predicted octanol–water partition coefficient (Wildman–Crippen LogP) is 3.42. The number of anilines is 1. The summed E-state index contributed by atoms with van der Waals surface area (Å²) in [6, 6.07) is 13.6. The van der Waals surface area contributed by atoms with Gasteiger partial charge in [-0.2, -0.15) is 0 Å². The minimum Gasteiger partial charge on any atom is -0.369 e. The highest BCUT2D eigenvalue weighted by molar-refractivity contribution is 6.30. The molecule has 138 valence electrons. The Bertz CT molecular complexity index is 713. The normalized spacial score (nSPS) is 15.1. The lowest BCUT2D eigenvalue weighted by Gasteiger charge is -2.36. The van der Waals surface area contributed by atoms with Crippen LogP contribution in [-0.4, -0.2) is 50.1 Å². The average molecular weight is 376 g/mol. The number of amides is 1. The summed E-state index contributed by atoms with van der Waals surface area (Å²) in [4.78, 5) is 16.7. The lowest BCUT2D eigenvalue weighted by atomic mass is 10.2. The molecule has 0 aliphatic carbocycles. The van der Waals surface area contributed by atoms with Crippen molar-refractivity contribution in [3.05, 3.63) is 64.9 Å². The van der Waals surface area contributed by atoms with Gasteiger partial charge in [-0.1, -0.05) is 11.6 Å². The van der Waals surface area contributed by atoms with Gasteiger partial charge in [-0.05, 0) is 61.5 Å². The van der Waals surface area contributed by atoms with Crippen LogP contribution in [0.5, 0.6) is 0 Å². The van der Waals surface area contributed by atoms with Crippen molar-refractivity contribution in [2.24, 2.45) is 0 Å². The Morgan fingerprint density at radius 1 is 1.00 bits per heavy atom. The molecule has 1 amide bonds. The van der Waals surface area contributed by atoms with Crippen molar-refractivity contribution in [2.75, 3.05) is 44.2 Å². The fraction of sp³-hybridized carbons (Fsp3) is 0.350. The Labute approximate surface area is 158 Å². The van der Waals surface area contributed by atoms with Gasteiger partial charge < -0.3 is 10.2 Å². The smallest absolute Gasteiger partial charge is 0.251 e. The summed E-state index contributed by atoms with van der Waals surface area (Å²) in [7, 11) is 0.